The molecule has 0 fully saturated rings. The van der Waals surface area contributed by atoms with Gasteiger partial charge in [-0.05, 0) is 26.7 Å². The van der Waals surface area contributed by atoms with Crippen molar-refractivity contribution in [1.29, 1.82) is 0 Å². The molecule has 0 saturated carbocycles. The van der Waals surface area contributed by atoms with Crippen LogP contribution < -0.4 is 4.57 Å². The number of aromatic nitrogens is 2. The van der Waals surface area contributed by atoms with E-state index in [0.717, 1.165) is 13.0 Å². The van der Waals surface area contributed by atoms with Crippen LogP contribution in [-0.4, -0.2) is 17.1 Å². The molecule has 19 heavy (non-hydrogen) atoms. The van der Waals surface area contributed by atoms with Crippen molar-refractivity contribution in [2.45, 2.75) is 60.0 Å². The summed E-state index contributed by atoms with van der Waals surface area (Å²) in [6.07, 6.45) is 9.33. The number of unbranched alkanes of at least 4 members (excludes halogenated alkanes) is 1. The number of carbonyl (C=O) groups excluding carboxylic acids is 1. The van der Waals surface area contributed by atoms with Crippen molar-refractivity contribution < 1.29 is 14.1 Å². The van der Waals surface area contributed by atoms with Crippen molar-refractivity contribution in [2.75, 3.05) is 6.61 Å². The molecule has 4 nitrogen and oxygen atoms in total. The topological polar surface area (TPSA) is 35.1 Å². The molecule has 0 amide bonds. The smallest absolute Gasteiger partial charge is 0.311 e. The Bertz CT molecular complexity index is 397. The summed E-state index contributed by atoms with van der Waals surface area (Å²) in [6, 6.07) is 0. The first kappa shape index (κ1) is 15.7. The number of esters is 1. The Balaban J connectivity index is 2.33. The average molecular weight is 267 g/mol. The van der Waals surface area contributed by atoms with E-state index in [0.29, 0.717) is 13.2 Å². The van der Waals surface area contributed by atoms with Crippen LogP contribution in [0.1, 0.15) is 47.0 Å². The summed E-state index contributed by atoms with van der Waals surface area (Å²) in [7, 11) is 0. The first-order valence-corrected chi connectivity index (χ1v) is 7.21. The largest absolute Gasteiger partial charge is 0.461 e. The van der Waals surface area contributed by atoms with E-state index < -0.39 is 0 Å². The zero-order valence-electron chi connectivity index (χ0n) is 12.7. The highest BCUT2D eigenvalue weighted by Gasteiger charge is 2.26. The number of ether oxygens (including phenoxy) is 1. The van der Waals surface area contributed by atoms with Crippen molar-refractivity contribution in [2.24, 2.45) is 5.41 Å². The summed E-state index contributed by atoms with van der Waals surface area (Å²) < 4.78 is 9.55. The number of rotatable bonds is 8. The lowest BCUT2D eigenvalue weighted by Crippen LogP contribution is -2.31. The molecule has 1 aromatic rings. The van der Waals surface area contributed by atoms with Gasteiger partial charge in [-0.3, -0.25) is 4.79 Å². The average Bonchev–Trinajstić information content (AvgIpc) is 2.84. The molecular formula is C15H27N2O2+. The maximum Gasteiger partial charge on any atom is 0.311 e. The Morgan fingerprint density at radius 2 is 2.11 bits per heavy atom. The van der Waals surface area contributed by atoms with Gasteiger partial charge in [-0.1, -0.05) is 20.3 Å². The van der Waals surface area contributed by atoms with Gasteiger partial charge in [0.15, 0.2) is 0 Å². The molecule has 0 aromatic carbocycles. The molecule has 0 aliphatic heterocycles. The van der Waals surface area contributed by atoms with Crippen molar-refractivity contribution in [3.63, 3.8) is 0 Å². The van der Waals surface area contributed by atoms with Crippen LogP contribution >= 0.6 is 0 Å². The van der Waals surface area contributed by atoms with Crippen LogP contribution in [0, 0.1) is 5.41 Å². The fourth-order valence-corrected chi connectivity index (χ4v) is 1.63. The third-order valence-electron chi connectivity index (χ3n) is 3.54. The van der Waals surface area contributed by atoms with Crippen LogP contribution in [0.25, 0.3) is 0 Å². The van der Waals surface area contributed by atoms with Crippen LogP contribution in [0.3, 0.4) is 0 Å². The summed E-state index contributed by atoms with van der Waals surface area (Å²) in [5, 5.41) is 0. The van der Waals surface area contributed by atoms with E-state index in [1.165, 1.54) is 12.8 Å². The van der Waals surface area contributed by atoms with Crippen molar-refractivity contribution in [3.05, 3.63) is 18.7 Å². The number of nitrogens with zero attached hydrogens (tertiary/aromatic N) is 2. The van der Waals surface area contributed by atoms with Crippen molar-refractivity contribution in [1.82, 2.24) is 4.57 Å². The zero-order valence-corrected chi connectivity index (χ0v) is 12.7. The highest BCUT2D eigenvalue weighted by molar-refractivity contribution is 5.75. The molecule has 1 heterocycles. The minimum absolute atomic E-state index is 0.110. The molecule has 0 saturated heterocycles. The third-order valence-corrected chi connectivity index (χ3v) is 3.54. The Morgan fingerprint density at radius 3 is 2.74 bits per heavy atom. The van der Waals surface area contributed by atoms with Crippen LogP contribution in [0.5, 0.6) is 0 Å². The van der Waals surface area contributed by atoms with E-state index in [4.69, 9.17) is 4.74 Å². The van der Waals surface area contributed by atoms with E-state index >= 15 is 0 Å². The monoisotopic (exact) mass is 267 g/mol. The molecule has 0 unspecified atom stereocenters. The molecule has 0 radical (unpaired) electrons. The molecule has 1 rings (SSSR count). The molecule has 0 bridgehead atoms. The summed E-state index contributed by atoms with van der Waals surface area (Å²) in [6.45, 7) is 10.2. The van der Waals surface area contributed by atoms with Crippen LogP contribution in [0.15, 0.2) is 18.7 Å². The number of aryl methyl sites for hydroxylation is 1. The minimum Gasteiger partial charge on any atom is -0.461 e. The molecule has 0 spiro atoms. The lowest BCUT2D eigenvalue weighted by molar-refractivity contribution is -0.696. The number of imidazole rings is 1. The predicted molar refractivity (Wildman–Crippen MR) is 74.6 cm³/mol. The quantitative estimate of drug-likeness (QED) is 0.536. The highest BCUT2D eigenvalue weighted by atomic mass is 16.5. The standard InChI is InChI=1S/C15H27N2O2/c1-5-7-8-16-9-10-17(13-16)11-12-19-14(18)15(3,4)6-2/h9-10,13H,5-8,11-12H2,1-4H3/q+1. The van der Waals surface area contributed by atoms with Gasteiger partial charge in [-0.25, -0.2) is 9.13 Å². The molecule has 108 valence electrons. The third kappa shape index (κ3) is 5.05. The van der Waals surface area contributed by atoms with Gasteiger partial charge in [0.1, 0.15) is 25.5 Å². The Hall–Kier alpha value is -1.32. The summed E-state index contributed by atoms with van der Waals surface area (Å²) >= 11 is 0. The van der Waals surface area contributed by atoms with Gasteiger partial charge in [0, 0.05) is 0 Å². The molecule has 0 N–H and O–H groups in total. The van der Waals surface area contributed by atoms with Gasteiger partial charge in [0.2, 0.25) is 6.33 Å². The summed E-state index contributed by atoms with van der Waals surface area (Å²) in [4.78, 5) is 11.8. The molecular weight excluding hydrogens is 240 g/mol. The maximum absolute atomic E-state index is 11.8. The molecule has 0 atom stereocenters. The van der Waals surface area contributed by atoms with Gasteiger partial charge in [-0.2, -0.15) is 0 Å². The fourth-order valence-electron chi connectivity index (χ4n) is 1.63. The van der Waals surface area contributed by atoms with Crippen LogP contribution in [0.2, 0.25) is 0 Å². The van der Waals surface area contributed by atoms with E-state index in [9.17, 15) is 4.79 Å². The normalized spacial score (nSPS) is 11.6. The Morgan fingerprint density at radius 1 is 1.37 bits per heavy atom. The molecule has 0 aliphatic rings. The second-order valence-corrected chi connectivity index (χ2v) is 5.62. The number of hydrogen-bond donors (Lipinski definition) is 0. The second-order valence-electron chi connectivity index (χ2n) is 5.62. The first-order valence-electron chi connectivity index (χ1n) is 7.21. The number of carbonyl (C=O) groups is 1. The van der Waals surface area contributed by atoms with Crippen molar-refractivity contribution in [3.8, 4) is 0 Å². The SMILES string of the molecule is CCCC[n+]1ccn(CCOC(=O)C(C)(C)CC)c1. The van der Waals surface area contributed by atoms with E-state index in [1.54, 1.807) is 0 Å². The number of hydrogen-bond acceptors (Lipinski definition) is 2. The summed E-state index contributed by atoms with van der Waals surface area (Å²) in [5.41, 5.74) is -0.377. The zero-order chi connectivity index (χ0) is 14.3. The fraction of sp³-hybridized carbons (Fsp3) is 0.733. The lowest BCUT2D eigenvalue weighted by atomic mass is 9.91. The van der Waals surface area contributed by atoms with Crippen LogP contribution in [-0.2, 0) is 22.6 Å². The lowest BCUT2D eigenvalue weighted by Gasteiger charge is -2.19. The highest BCUT2D eigenvalue weighted by Crippen LogP contribution is 2.21. The maximum atomic E-state index is 11.8. The van der Waals surface area contributed by atoms with Gasteiger partial charge in [0.05, 0.1) is 12.0 Å². The van der Waals surface area contributed by atoms with E-state index in [1.807, 2.05) is 27.0 Å². The van der Waals surface area contributed by atoms with Crippen LogP contribution in [0.4, 0.5) is 0 Å². The minimum atomic E-state index is -0.377. The van der Waals surface area contributed by atoms with E-state index in [-0.39, 0.29) is 11.4 Å². The summed E-state index contributed by atoms with van der Waals surface area (Å²) in [5.74, 6) is -0.110. The molecule has 1 aromatic heterocycles. The van der Waals surface area contributed by atoms with Crippen molar-refractivity contribution >= 4 is 5.97 Å². The first-order chi connectivity index (χ1) is 8.99. The Kier molecular flexibility index (Phi) is 6.06. The molecule has 0 aliphatic carbocycles. The predicted octanol–water partition coefficient (Wildman–Crippen LogP) is 2.56. The molecule has 4 heteroatoms. The van der Waals surface area contributed by atoms with Gasteiger partial charge >= 0.3 is 5.97 Å². The van der Waals surface area contributed by atoms with Gasteiger partial charge < -0.3 is 4.74 Å². The second kappa shape index (κ2) is 7.31. The van der Waals surface area contributed by atoms with Gasteiger partial charge in [-0.15, -0.1) is 0 Å². The van der Waals surface area contributed by atoms with E-state index in [2.05, 4.69) is 28.6 Å². The Labute approximate surface area is 116 Å². The van der Waals surface area contributed by atoms with Gasteiger partial charge in [0.25, 0.3) is 0 Å².